The minimum absolute atomic E-state index is 0.536. The predicted molar refractivity (Wildman–Crippen MR) is 86.5 cm³/mol. The molecule has 106 valence electrons. The Hall–Kier alpha value is -1.28. The van der Waals surface area contributed by atoms with Crippen LogP contribution in [0.5, 0.6) is 0 Å². The van der Waals surface area contributed by atoms with E-state index in [-0.39, 0.29) is 0 Å². The fourth-order valence-electron chi connectivity index (χ4n) is 3.15. The van der Waals surface area contributed by atoms with Gasteiger partial charge in [-0.2, -0.15) is 0 Å². The number of para-hydroxylation sites is 1. The van der Waals surface area contributed by atoms with Gasteiger partial charge in [0.1, 0.15) is 5.82 Å². The van der Waals surface area contributed by atoms with E-state index < -0.39 is 0 Å². The lowest BCUT2D eigenvalue weighted by Gasteiger charge is -2.39. The first-order valence-corrected chi connectivity index (χ1v) is 7.95. The number of aromatic nitrogens is 1. The maximum Gasteiger partial charge on any atom is 0.129 e. The Morgan fingerprint density at radius 1 is 1.30 bits per heavy atom. The fraction of sp³-hybridized carbons (Fsp3) is 0.471. The first kappa shape index (κ1) is 13.7. The van der Waals surface area contributed by atoms with Crippen LogP contribution >= 0.6 is 11.6 Å². The van der Waals surface area contributed by atoms with E-state index in [0.717, 1.165) is 23.8 Å². The first-order valence-electron chi connectivity index (χ1n) is 7.42. The SMILES string of the molecule is CC1CCCN(c2cc(CCl)c3ccccc3n2)C1C. The molecule has 3 heteroatoms. The van der Waals surface area contributed by atoms with Crippen LogP contribution in [0.2, 0.25) is 0 Å². The number of rotatable bonds is 2. The lowest BCUT2D eigenvalue weighted by Crippen LogP contribution is -2.42. The van der Waals surface area contributed by atoms with Crippen molar-refractivity contribution in [2.45, 2.75) is 38.6 Å². The van der Waals surface area contributed by atoms with Crippen LogP contribution in [0.3, 0.4) is 0 Å². The molecule has 1 aromatic carbocycles. The number of hydrogen-bond donors (Lipinski definition) is 0. The van der Waals surface area contributed by atoms with E-state index in [1.165, 1.54) is 23.8 Å². The first-order chi connectivity index (χ1) is 9.70. The molecule has 1 saturated heterocycles. The second-order valence-corrected chi connectivity index (χ2v) is 6.11. The van der Waals surface area contributed by atoms with Crippen molar-refractivity contribution in [3.05, 3.63) is 35.9 Å². The third-order valence-electron chi connectivity index (χ3n) is 4.60. The van der Waals surface area contributed by atoms with E-state index in [4.69, 9.17) is 16.6 Å². The maximum atomic E-state index is 6.14. The molecule has 1 fully saturated rings. The van der Waals surface area contributed by atoms with Gasteiger partial charge in [-0.1, -0.05) is 25.1 Å². The van der Waals surface area contributed by atoms with Crippen molar-refractivity contribution in [3.8, 4) is 0 Å². The topological polar surface area (TPSA) is 16.1 Å². The summed E-state index contributed by atoms with van der Waals surface area (Å²) in [7, 11) is 0. The van der Waals surface area contributed by atoms with Gasteiger partial charge in [-0.15, -0.1) is 11.6 Å². The molecule has 0 radical (unpaired) electrons. The molecule has 1 aliphatic heterocycles. The lowest BCUT2D eigenvalue weighted by molar-refractivity contribution is 0.362. The van der Waals surface area contributed by atoms with Crippen LogP contribution in [0.4, 0.5) is 5.82 Å². The highest BCUT2D eigenvalue weighted by molar-refractivity contribution is 6.18. The molecule has 1 aromatic heterocycles. The number of benzene rings is 1. The average Bonchev–Trinajstić information content (AvgIpc) is 2.49. The Bertz CT molecular complexity index is 611. The van der Waals surface area contributed by atoms with E-state index in [9.17, 15) is 0 Å². The molecule has 0 aliphatic carbocycles. The second-order valence-electron chi connectivity index (χ2n) is 5.84. The molecule has 0 saturated carbocycles. The Morgan fingerprint density at radius 3 is 2.90 bits per heavy atom. The van der Waals surface area contributed by atoms with Gasteiger partial charge in [0.05, 0.1) is 5.52 Å². The quantitative estimate of drug-likeness (QED) is 0.751. The Balaban J connectivity index is 2.07. The summed E-state index contributed by atoms with van der Waals surface area (Å²) in [5.74, 6) is 2.34. The maximum absolute atomic E-state index is 6.14. The van der Waals surface area contributed by atoms with Gasteiger partial charge in [0.15, 0.2) is 0 Å². The van der Waals surface area contributed by atoms with Crippen molar-refractivity contribution in [2.75, 3.05) is 11.4 Å². The molecule has 2 atom stereocenters. The van der Waals surface area contributed by atoms with E-state index in [1.807, 2.05) is 12.1 Å². The van der Waals surface area contributed by atoms with Crippen molar-refractivity contribution in [1.29, 1.82) is 0 Å². The standard InChI is InChI=1S/C17H21ClN2/c1-12-6-5-9-20(13(12)2)17-10-14(11-18)15-7-3-4-8-16(15)19-17/h3-4,7-8,10,12-13H,5-6,9,11H2,1-2H3. The molecule has 1 aliphatic rings. The highest BCUT2D eigenvalue weighted by Gasteiger charge is 2.26. The molecule has 3 rings (SSSR count). The molecular weight excluding hydrogens is 268 g/mol. The average molecular weight is 289 g/mol. The van der Waals surface area contributed by atoms with Crippen LogP contribution < -0.4 is 4.90 Å². The largest absolute Gasteiger partial charge is 0.354 e. The number of pyridine rings is 1. The van der Waals surface area contributed by atoms with Gasteiger partial charge in [0.25, 0.3) is 0 Å². The number of halogens is 1. The van der Waals surface area contributed by atoms with E-state index in [1.54, 1.807) is 0 Å². The van der Waals surface area contributed by atoms with Gasteiger partial charge in [-0.05, 0) is 43.4 Å². The Labute approximate surface area is 125 Å². The van der Waals surface area contributed by atoms with Crippen LogP contribution in [-0.2, 0) is 5.88 Å². The summed E-state index contributed by atoms with van der Waals surface area (Å²) < 4.78 is 0. The molecule has 0 spiro atoms. The number of anilines is 1. The molecule has 0 N–H and O–H groups in total. The summed E-state index contributed by atoms with van der Waals surface area (Å²) in [4.78, 5) is 7.30. The minimum atomic E-state index is 0.536. The van der Waals surface area contributed by atoms with Gasteiger partial charge in [-0.25, -0.2) is 4.98 Å². The number of nitrogens with zero attached hydrogens (tertiary/aromatic N) is 2. The Kier molecular flexibility index (Phi) is 3.84. The summed E-state index contributed by atoms with van der Waals surface area (Å²) in [6.45, 7) is 5.74. The monoisotopic (exact) mass is 288 g/mol. The molecule has 0 amide bonds. The normalized spacial score (nSPS) is 23.2. The molecule has 2 unspecified atom stereocenters. The minimum Gasteiger partial charge on any atom is -0.354 e. The zero-order valence-electron chi connectivity index (χ0n) is 12.1. The zero-order chi connectivity index (χ0) is 14.1. The van der Waals surface area contributed by atoms with Crippen LogP contribution in [0, 0.1) is 5.92 Å². The van der Waals surface area contributed by atoms with Crippen LogP contribution in [-0.4, -0.2) is 17.6 Å². The summed E-state index contributed by atoms with van der Waals surface area (Å²) in [5.41, 5.74) is 2.23. The summed E-state index contributed by atoms with van der Waals surface area (Å²) in [5, 5.41) is 1.17. The lowest BCUT2D eigenvalue weighted by atomic mass is 9.92. The molecule has 2 heterocycles. The van der Waals surface area contributed by atoms with Crippen molar-refractivity contribution >= 4 is 28.3 Å². The van der Waals surface area contributed by atoms with Gasteiger partial charge in [0.2, 0.25) is 0 Å². The van der Waals surface area contributed by atoms with Crippen molar-refractivity contribution < 1.29 is 0 Å². The molecular formula is C17H21ClN2. The van der Waals surface area contributed by atoms with Crippen LogP contribution in [0.1, 0.15) is 32.3 Å². The number of hydrogen-bond acceptors (Lipinski definition) is 2. The highest BCUT2D eigenvalue weighted by Crippen LogP contribution is 2.30. The van der Waals surface area contributed by atoms with Crippen molar-refractivity contribution in [3.63, 3.8) is 0 Å². The predicted octanol–water partition coefficient (Wildman–Crippen LogP) is 4.60. The zero-order valence-corrected chi connectivity index (χ0v) is 12.9. The van der Waals surface area contributed by atoms with Gasteiger partial charge in [-0.3, -0.25) is 0 Å². The van der Waals surface area contributed by atoms with Crippen molar-refractivity contribution in [1.82, 2.24) is 4.98 Å². The second kappa shape index (κ2) is 5.61. The number of fused-ring (bicyclic) bond motifs is 1. The molecule has 2 nitrogen and oxygen atoms in total. The summed E-state index contributed by atoms with van der Waals surface area (Å²) >= 11 is 6.14. The van der Waals surface area contributed by atoms with E-state index in [0.29, 0.717) is 11.9 Å². The summed E-state index contributed by atoms with van der Waals surface area (Å²) in [6, 6.07) is 11.0. The van der Waals surface area contributed by atoms with Crippen LogP contribution in [0.15, 0.2) is 30.3 Å². The van der Waals surface area contributed by atoms with Gasteiger partial charge >= 0.3 is 0 Å². The third kappa shape index (κ3) is 2.37. The summed E-state index contributed by atoms with van der Waals surface area (Å²) in [6.07, 6.45) is 2.56. The van der Waals surface area contributed by atoms with E-state index >= 15 is 0 Å². The van der Waals surface area contributed by atoms with Gasteiger partial charge in [0, 0.05) is 23.9 Å². The highest BCUT2D eigenvalue weighted by atomic mass is 35.5. The third-order valence-corrected chi connectivity index (χ3v) is 4.89. The van der Waals surface area contributed by atoms with E-state index in [2.05, 4.69) is 36.9 Å². The molecule has 2 aromatic rings. The Morgan fingerprint density at radius 2 is 2.10 bits per heavy atom. The van der Waals surface area contributed by atoms with Crippen molar-refractivity contribution in [2.24, 2.45) is 5.92 Å². The molecule has 0 bridgehead atoms. The number of alkyl halides is 1. The fourth-order valence-corrected chi connectivity index (χ4v) is 3.37. The smallest absolute Gasteiger partial charge is 0.129 e. The number of piperidine rings is 1. The molecule has 20 heavy (non-hydrogen) atoms. The van der Waals surface area contributed by atoms with Gasteiger partial charge < -0.3 is 4.90 Å². The van der Waals surface area contributed by atoms with Crippen LogP contribution in [0.25, 0.3) is 10.9 Å².